The van der Waals surface area contributed by atoms with E-state index in [4.69, 9.17) is 4.74 Å². The van der Waals surface area contributed by atoms with Crippen LogP contribution in [0.4, 0.5) is 0 Å². The lowest BCUT2D eigenvalue weighted by Gasteiger charge is -2.09. The fraction of sp³-hybridized carbons (Fsp3) is 0.294. The number of benzene rings is 1. The molecule has 0 aliphatic rings. The topological polar surface area (TPSA) is 79.4 Å². The molecule has 1 atom stereocenters. The van der Waals surface area contributed by atoms with Gasteiger partial charge in [0, 0.05) is 11.8 Å². The molecule has 0 aliphatic carbocycles. The highest BCUT2D eigenvalue weighted by Crippen LogP contribution is 2.26. The number of H-pyrrole nitrogens is 1. The molecule has 1 aromatic carbocycles. The number of hydrogen-bond acceptors (Lipinski definition) is 4. The Balaban J connectivity index is 2.32. The molecule has 22 heavy (non-hydrogen) atoms. The second kappa shape index (κ2) is 6.47. The number of hydrogen-bond donors (Lipinski definition) is 2. The maximum Gasteiger partial charge on any atom is 0.293 e. The summed E-state index contributed by atoms with van der Waals surface area (Å²) in [5.41, 5.74) is 2.28. The fourth-order valence-electron chi connectivity index (χ4n) is 2.18. The quantitative estimate of drug-likeness (QED) is 0.633. The Morgan fingerprint density at radius 3 is 2.64 bits per heavy atom. The van der Waals surface area contributed by atoms with Gasteiger partial charge in [0.1, 0.15) is 11.9 Å². The number of nitrogens with one attached hydrogen (secondary N) is 1. The van der Waals surface area contributed by atoms with Gasteiger partial charge in [-0.1, -0.05) is 19.9 Å². The summed E-state index contributed by atoms with van der Waals surface area (Å²) in [5.74, 6) is -0.0647. The number of phenolic OH excluding ortho intramolecular Hbond substituents is 1. The van der Waals surface area contributed by atoms with Crippen LogP contribution < -0.4 is 0 Å². The molecular weight excluding hydrogens is 282 g/mol. The van der Waals surface area contributed by atoms with E-state index in [9.17, 15) is 14.7 Å². The van der Waals surface area contributed by atoms with Gasteiger partial charge in [-0.15, -0.1) is 0 Å². The Morgan fingerprint density at radius 1 is 1.27 bits per heavy atom. The van der Waals surface area contributed by atoms with E-state index in [1.807, 2.05) is 13.8 Å². The average molecular weight is 301 g/mol. The molecule has 0 saturated carbocycles. The summed E-state index contributed by atoms with van der Waals surface area (Å²) in [6.07, 6.45) is 1.08. The monoisotopic (exact) mass is 301 g/mol. The van der Waals surface area contributed by atoms with E-state index < -0.39 is 6.10 Å². The van der Waals surface area contributed by atoms with Crippen molar-refractivity contribution >= 4 is 12.3 Å². The molecule has 2 N–H and O–H groups in total. The largest absolute Gasteiger partial charge is 0.507 e. The molecule has 0 bridgehead atoms. The minimum Gasteiger partial charge on any atom is -0.507 e. The third kappa shape index (κ3) is 3.19. The number of ether oxygens (including phenoxy) is 1. The molecule has 1 aromatic heterocycles. The zero-order valence-corrected chi connectivity index (χ0v) is 12.8. The first-order chi connectivity index (χ1) is 10.4. The SMILES string of the molecule is CC(C)c1ccc(O)c(C(=O)c2c[nH]c(C(C)OC=O)c2)c1. The Morgan fingerprint density at radius 2 is 2.00 bits per heavy atom. The summed E-state index contributed by atoms with van der Waals surface area (Å²) in [7, 11) is 0. The molecule has 5 nitrogen and oxygen atoms in total. The molecule has 0 fully saturated rings. The molecule has 0 amide bonds. The van der Waals surface area contributed by atoms with Gasteiger partial charge in [-0.3, -0.25) is 9.59 Å². The summed E-state index contributed by atoms with van der Waals surface area (Å²) in [5, 5.41) is 9.95. The van der Waals surface area contributed by atoms with Crippen LogP contribution in [0.25, 0.3) is 0 Å². The molecule has 0 radical (unpaired) electrons. The number of aromatic nitrogens is 1. The van der Waals surface area contributed by atoms with Gasteiger partial charge in [-0.2, -0.15) is 0 Å². The maximum absolute atomic E-state index is 12.5. The third-order valence-corrected chi connectivity index (χ3v) is 3.60. The molecule has 5 heteroatoms. The predicted octanol–water partition coefficient (Wildman–Crippen LogP) is 3.31. The zero-order valence-electron chi connectivity index (χ0n) is 12.8. The first-order valence-corrected chi connectivity index (χ1v) is 7.09. The van der Waals surface area contributed by atoms with Crippen molar-refractivity contribution < 1.29 is 19.4 Å². The Bertz CT molecular complexity index is 688. The molecule has 0 aliphatic heterocycles. The molecule has 1 unspecified atom stereocenters. The van der Waals surface area contributed by atoms with Gasteiger partial charge in [0.2, 0.25) is 0 Å². The molecule has 1 heterocycles. The number of rotatable bonds is 6. The van der Waals surface area contributed by atoms with Crippen LogP contribution in [0.1, 0.15) is 60.0 Å². The van der Waals surface area contributed by atoms with E-state index in [0.717, 1.165) is 5.56 Å². The highest BCUT2D eigenvalue weighted by Gasteiger charge is 2.18. The first kappa shape index (κ1) is 15.8. The van der Waals surface area contributed by atoms with Gasteiger partial charge in [0.15, 0.2) is 5.78 Å². The van der Waals surface area contributed by atoms with Crippen molar-refractivity contribution in [3.63, 3.8) is 0 Å². The van der Waals surface area contributed by atoms with Crippen LogP contribution in [0, 0.1) is 0 Å². The Labute approximate surface area is 128 Å². The molecule has 2 rings (SSSR count). The van der Waals surface area contributed by atoms with Crippen LogP contribution in [0.5, 0.6) is 5.75 Å². The lowest BCUT2D eigenvalue weighted by Crippen LogP contribution is -2.02. The van der Waals surface area contributed by atoms with Gasteiger partial charge in [-0.25, -0.2) is 0 Å². The Hall–Kier alpha value is -2.56. The van der Waals surface area contributed by atoms with Crippen molar-refractivity contribution in [1.82, 2.24) is 4.98 Å². The summed E-state index contributed by atoms with van der Waals surface area (Å²) in [6, 6.07) is 6.67. The average Bonchev–Trinajstić information content (AvgIpc) is 2.97. The number of ketones is 1. The summed E-state index contributed by atoms with van der Waals surface area (Å²) < 4.78 is 4.83. The molecule has 116 valence electrons. The van der Waals surface area contributed by atoms with Crippen LogP contribution in [0.2, 0.25) is 0 Å². The van der Waals surface area contributed by atoms with Gasteiger partial charge in [-0.05, 0) is 36.6 Å². The van der Waals surface area contributed by atoms with Gasteiger partial charge >= 0.3 is 0 Å². The molecular formula is C17H19NO4. The van der Waals surface area contributed by atoms with E-state index in [-0.39, 0.29) is 23.0 Å². The summed E-state index contributed by atoms with van der Waals surface area (Å²) in [4.78, 5) is 25.8. The van der Waals surface area contributed by atoms with Crippen LogP contribution in [0.15, 0.2) is 30.5 Å². The molecule has 0 spiro atoms. The van der Waals surface area contributed by atoms with Gasteiger partial charge < -0.3 is 14.8 Å². The third-order valence-electron chi connectivity index (χ3n) is 3.60. The molecule has 0 saturated heterocycles. The van der Waals surface area contributed by atoms with Gasteiger partial charge in [0.25, 0.3) is 6.47 Å². The highest BCUT2D eigenvalue weighted by molar-refractivity contribution is 6.10. The van der Waals surface area contributed by atoms with Crippen molar-refractivity contribution in [3.8, 4) is 5.75 Å². The maximum atomic E-state index is 12.5. The minimum absolute atomic E-state index is 0.0469. The smallest absolute Gasteiger partial charge is 0.293 e. The van der Waals surface area contributed by atoms with E-state index in [2.05, 4.69) is 4.98 Å². The van der Waals surface area contributed by atoms with Crippen molar-refractivity contribution in [1.29, 1.82) is 0 Å². The minimum atomic E-state index is -0.463. The lowest BCUT2D eigenvalue weighted by atomic mass is 9.96. The van der Waals surface area contributed by atoms with Crippen molar-refractivity contribution in [3.05, 3.63) is 52.8 Å². The number of aromatic hydroxyl groups is 1. The summed E-state index contributed by atoms with van der Waals surface area (Å²) >= 11 is 0. The predicted molar refractivity (Wildman–Crippen MR) is 82.0 cm³/mol. The van der Waals surface area contributed by atoms with E-state index in [0.29, 0.717) is 17.7 Å². The van der Waals surface area contributed by atoms with Crippen LogP contribution in [-0.4, -0.2) is 22.3 Å². The van der Waals surface area contributed by atoms with Crippen molar-refractivity contribution in [2.75, 3.05) is 0 Å². The summed E-state index contributed by atoms with van der Waals surface area (Å²) in [6.45, 7) is 6.11. The van der Waals surface area contributed by atoms with Crippen molar-refractivity contribution in [2.24, 2.45) is 0 Å². The number of carbonyl (C=O) groups is 2. The standard InChI is InChI=1S/C17H19NO4/c1-10(2)12-4-5-16(20)14(6-12)17(21)13-7-15(18-8-13)11(3)22-9-19/h4-11,18,20H,1-3H3. The second-order valence-electron chi connectivity index (χ2n) is 5.48. The normalized spacial score (nSPS) is 12.2. The van der Waals surface area contributed by atoms with Crippen LogP contribution >= 0.6 is 0 Å². The zero-order chi connectivity index (χ0) is 16.3. The van der Waals surface area contributed by atoms with Gasteiger partial charge in [0.05, 0.1) is 11.3 Å². The first-order valence-electron chi connectivity index (χ1n) is 7.09. The highest BCUT2D eigenvalue weighted by atomic mass is 16.5. The van der Waals surface area contributed by atoms with Crippen LogP contribution in [-0.2, 0) is 9.53 Å². The van der Waals surface area contributed by atoms with E-state index >= 15 is 0 Å². The number of phenols is 1. The lowest BCUT2D eigenvalue weighted by molar-refractivity contribution is -0.133. The van der Waals surface area contributed by atoms with Crippen LogP contribution in [0.3, 0.4) is 0 Å². The molecule has 2 aromatic rings. The second-order valence-corrected chi connectivity index (χ2v) is 5.48. The number of carbonyl (C=O) groups excluding carboxylic acids is 2. The Kier molecular flexibility index (Phi) is 4.65. The number of aromatic amines is 1. The fourth-order valence-corrected chi connectivity index (χ4v) is 2.18. The van der Waals surface area contributed by atoms with E-state index in [1.54, 1.807) is 31.3 Å². The van der Waals surface area contributed by atoms with E-state index in [1.165, 1.54) is 6.07 Å². The van der Waals surface area contributed by atoms with Crippen molar-refractivity contribution in [2.45, 2.75) is 32.8 Å².